The fraction of sp³-hybridized carbons (Fsp3) is 0.0455. The first-order valence-electron chi connectivity index (χ1n) is 16.0. The molecule has 0 fully saturated rings. The van der Waals surface area contributed by atoms with Gasteiger partial charge >= 0.3 is 0 Å². The summed E-state index contributed by atoms with van der Waals surface area (Å²) in [7, 11) is 0. The first kappa shape index (κ1) is 26.5. The molecule has 2 nitrogen and oxygen atoms in total. The molecule has 0 atom stereocenters. The molecule has 0 saturated heterocycles. The van der Waals surface area contributed by atoms with Gasteiger partial charge in [-0.3, -0.25) is 0 Å². The summed E-state index contributed by atoms with van der Waals surface area (Å²) in [6, 6.07) is 57.4. The fourth-order valence-electron chi connectivity index (χ4n) is 7.56. The van der Waals surface area contributed by atoms with Crippen molar-refractivity contribution in [2.75, 3.05) is 0 Å². The number of para-hydroxylation sites is 4. The van der Waals surface area contributed by atoms with Gasteiger partial charge in [0.1, 0.15) is 0 Å². The highest BCUT2D eigenvalue weighted by atomic mass is 15.0. The Balaban J connectivity index is 1.23. The Bertz CT molecular complexity index is 2520. The van der Waals surface area contributed by atoms with Gasteiger partial charge in [-0.05, 0) is 72.5 Å². The molecule has 0 aliphatic rings. The highest BCUT2D eigenvalue weighted by molar-refractivity contribution is 6.14. The fourth-order valence-corrected chi connectivity index (χ4v) is 7.56. The Morgan fingerprint density at radius 1 is 0.370 bits per heavy atom. The second kappa shape index (κ2) is 10.4. The molecule has 0 amide bonds. The molecule has 2 heterocycles. The molecule has 2 aromatic heterocycles. The smallest absolute Gasteiger partial charge is 0.0619 e. The van der Waals surface area contributed by atoms with Crippen molar-refractivity contribution in [1.29, 1.82) is 0 Å². The number of aromatic nitrogens is 2. The minimum absolute atomic E-state index is 1.17. The lowest BCUT2D eigenvalue weighted by Crippen LogP contribution is -1.97. The normalized spacial score (nSPS) is 11.7. The summed E-state index contributed by atoms with van der Waals surface area (Å²) in [5, 5.41) is 5.21. The van der Waals surface area contributed by atoms with Crippen LogP contribution in [0.15, 0.2) is 158 Å². The predicted molar refractivity (Wildman–Crippen MR) is 195 cm³/mol. The SMILES string of the molecule is Cc1cccc2c1c1c(C)cccc1n2-c1ccccc1-c1ccc(-c2cccc3c4ccccc4n(-c4ccccc4)c23)cc1. The highest BCUT2D eigenvalue weighted by Crippen LogP contribution is 2.41. The minimum atomic E-state index is 1.17. The van der Waals surface area contributed by atoms with E-state index in [4.69, 9.17) is 0 Å². The Labute approximate surface area is 268 Å². The highest BCUT2D eigenvalue weighted by Gasteiger charge is 2.19. The average Bonchev–Trinajstić information content (AvgIpc) is 3.63. The zero-order valence-corrected chi connectivity index (χ0v) is 25.9. The van der Waals surface area contributed by atoms with Crippen molar-refractivity contribution in [3.8, 4) is 33.6 Å². The third-order valence-corrected chi connectivity index (χ3v) is 9.59. The number of aryl methyl sites for hydroxylation is 2. The maximum atomic E-state index is 2.45. The molecular formula is C44H32N2. The van der Waals surface area contributed by atoms with Gasteiger partial charge in [-0.25, -0.2) is 0 Å². The molecule has 9 aromatic rings. The van der Waals surface area contributed by atoms with Crippen LogP contribution in [0.3, 0.4) is 0 Å². The van der Waals surface area contributed by atoms with Crippen LogP contribution in [0.1, 0.15) is 11.1 Å². The standard InChI is InChI=1S/C44H32N2/c1-29-13-10-23-40-42(29)43-30(2)14-11-24-41(43)46(40)38-21-8-6-17-34(38)31-25-27-32(28-26-31)35-19-12-20-37-36-18-7-9-22-39(36)45(44(35)37)33-15-4-3-5-16-33/h3-28H,1-2H3. The molecule has 9 rings (SSSR count). The largest absolute Gasteiger partial charge is 0.309 e. The van der Waals surface area contributed by atoms with Gasteiger partial charge in [-0.2, -0.15) is 0 Å². The lowest BCUT2D eigenvalue weighted by atomic mass is 9.97. The van der Waals surface area contributed by atoms with E-state index < -0.39 is 0 Å². The van der Waals surface area contributed by atoms with E-state index in [2.05, 4.69) is 181 Å². The molecule has 0 spiro atoms. The number of benzene rings is 7. The maximum absolute atomic E-state index is 2.45. The lowest BCUT2D eigenvalue weighted by Gasteiger charge is -2.15. The predicted octanol–water partition coefficient (Wildman–Crippen LogP) is 11.8. The Kier molecular flexibility index (Phi) is 5.97. The zero-order chi connectivity index (χ0) is 30.8. The molecule has 0 bridgehead atoms. The van der Waals surface area contributed by atoms with E-state index in [9.17, 15) is 0 Å². The maximum Gasteiger partial charge on any atom is 0.0619 e. The van der Waals surface area contributed by atoms with Crippen LogP contribution in [0.25, 0.3) is 77.2 Å². The van der Waals surface area contributed by atoms with Crippen molar-refractivity contribution in [3.05, 3.63) is 169 Å². The van der Waals surface area contributed by atoms with Crippen LogP contribution in [0.5, 0.6) is 0 Å². The van der Waals surface area contributed by atoms with Crippen molar-refractivity contribution in [2.45, 2.75) is 13.8 Å². The summed E-state index contributed by atoms with van der Waals surface area (Å²) in [5.41, 5.74) is 14.8. The zero-order valence-electron chi connectivity index (χ0n) is 25.9. The first-order chi connectivity index (χ1) is 22.7. The van der Waals surface area contributed by atoms with E-state index in [1.165, 1.54) is 88.4 Å². The van der Waals surface area contributed by atoms with Gasteiger partial charge < -0.3 is 9.13 Å². The summed E-state index contributed by atoms with van der Waals surface area (Å²) in [4.78, 5) is 0. The summed E-state index contributed by atoms with van der Waals surface area (Å²) >= 11 is 0. The molecule has 0 aliphatic heterocycles. The lowest BCUT2D eigenvalue weighted by molar-refractivity contribution is 1.18. The van der Waals surface area contributed by atoms with Crippen LogP contribution >= 0.6 is 0 Å². The summed E-state index contributed by atoms with van der Waals surface area (Å²) in [6.07, 6.45) is 0. The van der Waals surface area contributed by atoms with Crippen molar-refractivity contribution < 1.29 is 0 Å². The van der Waals surface area contributed by atoms with Crippen LogP contribution in [-0.4, -0.2) is 9.13 Å². The van der Waals surface area contributed by atoms with Crippen molar-refractivity contribution in [2.24, 2.45) is 0 Å². The first-order valence-corrected chi connectivity index (χ1v) is 16.0. The van der Waals surface area contributed by atoms with Gasteiger partial charge in [0.15, 0.2) is 0 Å². The van der Waals surface area contributed by atoms with Gasteiger partial charge in [0, 0.05) is 38.4 Å². The van der Waals surface area contributed by atoms with E-state index in [-0.39, 0.29) is 0 Å². The van der Waals surface area contributed by atoms with Crippen molar-refractivity contribution in [1.82, 2.24) is 9.13 Å². The monoisotopic (exact) mass is 588 g/mol. The second-order valence-electron chi connectivity index (χ2n) is 12.3. The molecule has 2 heteroatoms. The van der Waals surface area contributed by atoms with Gasteiger partial charge in [0.25, 0.3) is 0 Å². The number of hydrogen-bond acceptors (Lipinski definition) is 0. The minimum Gasteiger partial charge on any atom is -0.309 e. The second-order valence-corrected chi connectivity index (χ2v) is 12.3. The van der Waals surface area contributed by atoms with Crippen LogP contribution in [-0.2, 0) is 0 Å². The van der Waals surface area contributed by atoms with Crippen LogP contribution in [0, 0.1) is 13.8 Å². The number of nitrogens with zero attached hydrogens (tertiary/aromatic N) is 2. The number of rotatable bonds is 4. The average molecular weight is 589 g/mol. The molecule has 0 radical (unpaired) electrons. The molecule has 218 valence electrons. The third-order valence-electron chi connectivity index (χ3n) is 9.59. The summed E-state index contributed by atoms with van der Waals surface area (Å²) < 4.78 is 4.86. The molecule has 0 saturated carbocycles. The molecule has 0 aliphatic carbocycles. The van der Waals surface area contributed by atoms with Gasteiger partial charge in [-0.1, -0.05) is 121 Å². The molecule has 46 heavy (non-hydrogen) atoms. The van der Waals surface area contributed by atoms with E-state index >= 15 is 0 Å². The van der Waals surface area contributed by atoms with Gasteiger partial charge in [0.05, 0.1) is 27.8 Å². The quantitative estimate of drug-likeness (QED) is 0.194. The van der Waals surface area contributed by atoms with Gasteiger partial charge in [0.2, 0.25) is 0 Å². The van der Waals surface area contributed by atoms with Gasteiger partial charge in [-0.15, -0.1) is 0 Å². The molecule has 7 aromatic carbocycles. The van der Waals surface area contributed by atoms with Crippen LogP contribution < -0.4 is 0 Å². The van der Waals surface area contributed by atoms with Crippen LogP contribution in [0.2, 0.25) is 0 Å². The van der Waals surface area contributed by atoms with Crippen LogP contribution in [0.4, 0.5) is 0 Å². The van der Waals surface area contributed by atoms with E-state index in [1.807, 2.05) is 0 Å². The third kappa shape index (κ3) is 3.90. The number of hydrogen-bond donors (Lipinski definition) is 0. The Morgan fingerprint density at radius 2 is 0.891 bits per heavy atom. The molecule has 0 unspecified atom stereocenters. The Morgan fingerprint density at radius 3 is 1.61 bits per heavy atom. The van der Waals surface area contributed by atoms with E-state index in [0.717, 1.165) is 0 Å². The molecular weight excluding hydrogens is 556 g/mol. The summed E-state index contributed by atoms with van der Waals surface area (Å²) in [6.45, 7) is 4.45. The number of fused-ring (bicyclic) bond motifs is 6. The van der Waals surface area contributed by atoms with E-state index in [0.29, 0.717) is 0 Å². The Hall–Kier alpha value is -5.86. The van der Waals surface area contributed by atoms with Crippen molar-refractivity contribution >= 4 is 43.6 Å². The molecule has 0 N–H and O–H groups in total. The van der Waals surface area contributed by atoms with E-state index in [1.54, 1.807) is 0 Å². The summed E-state index contributed by atoms with van der Waals surface area (Å²) in [5.74, 6) is 0. The van der Waals surface area contributed by atoms with Crippen molar-refractivity contribution in [3.63, 3.8) is 0 Å². The topological polar surface area (TPSA) is 9.86 Å².